The van der Waals surface area contributed by atoms with Crippen molar-refractivity contribution in [2.24, 2.45) is 0 Å². The highest BCUT2D eigenvalue weighted by Crippen LogP contribution is 2.17. The number of unbranched alkanes of at least 4 members (excludes halogenated alkanes) is 41. The summed E-state index contributed by atoms with van der Waals surface area (Å²) in [5.41, 5.74) is 0. The third kappa shape index (κ3) is 36.1. The smallest absolute Gasteiger partial charge is 0.234 e. The lowest BCUT2D eigenvalue weighted by atomic mass is 10.0. The van der Waals surface area contributed by atoms with Gasteiger partial charge in [-0.3, -0.25) is 0 Å². The summed E-state index contributed by atoms with van der Waals surface area (Å²) in [6.45, 7) is 9.42. The summed E-state index contributed by atoms with van der Waals surface area (Å²) in [4.78, 5) is 0. The van der Waals surface area contributed by atoms with E-state index >= 15 is 0 Å². The van der Waals surface area contributed by atoms with Crippen LogP contribution in [-0.4, -0.2) is 4.57 Å². The zero-order valence-electron chi connectivity index (χ0n) is 38.8. The summed E-state index contributed by atoms with van der Waals surface area (Å²) in [5.74, 6) is 1.63. The number of nitrogens with zero attached hydrogens (tertiary/aromatic N) is 2. The highest BCUT2D eigenvalue weighted by atomic mass is 15.1. The number of hydrogen-bond donors (Lipinski definition) is 0. The van der Waals surface area contributed by atoms with E-state index in [2.05, 4.69) is 42.3 Å². The van der Waals surface area contributed by atoms with Crippen LogP contribution in [0.5, 0.6) is 0 Å². The summed E-state index contributed by atoms with van der Waals surface area (Å²) in [7, 11) is 0. The molecule has 0 saturated heterocycles. The van der Waals surface area contributed by atoms with Gasteiger partial charge in [-0.05, 0) is 32.1 Å². The molecule has 0 aliphatic carbocycles. The van der Waals surface area contributed by atoms with Gasteiger partial charge in [-0.1, -0.05) is 271 Å². The van der Waals surface area contributed by atoms with Crippen molar-refractivity contribution in [3.05, 3.63) is 18.2 Å². The first kappa shape index (κ1) is 52.2. The molecule has 0 spiro atoms. The van der Waals surface area contributed by atoms with Crippen molar-refractivity contribution in [1.82, 2.24) is 4.57 Å². The third-order valence-corrected chi connectivity index (χ3v) is 12.8. The molecule has 1 rings (SSSR count). The molecule has 2 nitrogen and oxygen atoms in total. The van der Waals surface area contributed by atoms with Crippen LogP contribution >= 0.6 is 0 Å². The van der Waals surface area contributed by atoms with E-state index in [0.717, 1.165) is 0 Å². The average Bonchev–Trinajstić information content (AvgIpc) is 3.58. The molecule has 0 radical (unpaired) electrons. The molecule has 55 heavy (non-hydrogen) atoms. The first-order chi connectivity index (χ1) is 27.3. The van der Waals surface area contributed by atoms with Crippen molar-refractivity contribution >= 4 is 0 Å². The van der Waals surface area contributed by atoms with Gasteiger partial charge in [0.1, 0.15) is 12.4 Å². The quantitative estimate of drug-likeness (QED) is 0.0461. The zero-order valence-corrected chi connectivity index (χ0v) is 38.8. The van der Waals surface area contributed by atoms with Crippen LogP contribution in [-0.2, 0) is 19.5 Å². The minimum absolute atomic E-state index is 1.23. The molecule has 0 atom stereocenters. The van der Waals surface area contributed by atoms with E-state index in [1.54, 1.807) is 5.82 Å². The Morgan fingerprint density at radius 3 is 0.873 bits per heavy atom. The van der Waals surface area contributed by atoms with Crippen LogP contribution in [0.4, 0.5) is 0 Å². The van der Waals surface area contributed by atoms with Crippen LogP contribution in [0.2, 0.25) is 0 Å². The van der Waals surface area contributed by atoms with E-state index in [1.807, 2.05) is 0 Å². The molecule has 0 N–H and O–H groups in total. The van der Waals surface area contributed by atoms with Crippen molar-refractivity contribution in [3.63, 3.8) is 0 Å². The van der Waals surface area contributed by atoms with Crippen LogP contribution in [0.25, 0.3) is 0 Å². The molecule has 2 heteroatoms. The van der Waals surface area contributed by atoms with Gasteiger partial charge >= 0.3 is 0 Å². The van der Waals surface area contributed by atoms with Crippen molar-refractivity contribution in [3.8, 4) is 0 Å². The fourth-order valence-corrected chi connectivity index (χ4v) is 8.98. The van der Waals surface area contributed by atoms with E-state index in [0.29, 0.717) is 0 Å². The predicted octanol–water partition coefficient (Wildman–Crippen LogP) is 18.5. The van der Waals surface area contributed by atoms with Gasteiger partial charge in [0.2, 0.25) is 0 Å². The fraction of sp³-hybridized carbons (Fsp3) is 0.943. The van der Waals surface area contributed by atoms with Gasteiger partial charge in [-0.25, -0.2) is 9.13 Å². The molecule has 0 aliphatic rings. The summed E-state index contributed by atoms with van der Waals surface area (Å²) in [6, 6.07) is 0. The molecule has 0 aliphatic heterocycles. The predicted molar refractivity (Wildman–Crippen MR) is 249 cm³/mol. The van der Waals surface area contributed by atoms with E-state index < -0.39 is 0 Å². The van der Waals surface area contributed by atoms with Gasteiger partial charge in [-0.2, -0.15) is 0 Å². The minimum Gasteiger partial charge on any atom is -0.234 e. The molecule has 1 aromatic heterocycles. The largest absolute Gasteiger partial charge is 0.256 e. The zero-order chi connectivity index (χ0) is 39.4. The van der Waals surface area contributed by atoms with Gasteiger partial charge in [0.05, 0.1) is 13.1 Å². The number of hydrogen-bond acceptors (Lipinski definition) is 0. The molecular formula is C53H105N2+. The Morgan fingerprint density at radius 2 is 0.564 bits per heavy atom. The van der Waals surface area contributed by atoms with Crippen molar-refractivity contribution in [2.75, 3.05) is 0 Å². The molecule has 1 aromatic rings. The van der Waals surface area contributed by atoms with Crippen LogP contribution < -0.4 is 4.57 Å². The monoisotopic (exact) mass is 770 g/mol. The van der Waals surface area contributed by atoms with Gasteiger partial charge < -0.3 is 0 Å². The molecule has 0 aromatic carbocycles. The molecule has 0 unspecified atom stereocenters. The second kappa shape index (κ2) is 44.3. The van der Waals surface area contributed by atoms with E-state index in [1.165, 1.54) is 302 Å². The van der Waals surface area contributed by atoms with Gasteiger partial charge in [0.15, 0.2) is 0 Å². The van der Waals surface area contributed by atoms with Crippen molar-refractivity contribution < 1.29 is 4.57 Å². The maximum Gasteiger partial charge on any atom is 0.256 e. The highest BCUT2D eigenvalue weighted by Gasteiger charge is 2.16. The maximum atomic E-state index is 2.66. The standard InChI is InChI=1S/C53H105N2/c1-4-7-10-13-16-19-22-25-27-29-31-34-37-40-43-46-49-54-51-52-55(53(54)48-45-42-39-36-33-24-21-18-15-12-9-6-3)50-47-44-41-38-35-32-30-28-26-23-20-17-14-11-8-5-2/h51-52H,4-50H2,1-3H3/q+1. The minimum atomic E-state index is 1.23. The Kier molecular flexibility index (Phi) is 42.1. The Labute approximate surface area is 349 Å². The van der Waals surface area contributed by atoms with Crippen LogP contribution in [0.15, 0.2) is 12.4 Å². The molecule has 326 valence electrons. The maximum absolute atomic E-state index is 2.66. The Bertz CT molecular complexity index is 788. The molecule has 0 amide bonds. The topological polar surface area (TPSA) is 8.81 Å². The van der Waals surface area contributed by atoms with Crippen LogP contribution in [0.1, 0.15) is 309 Å². The third-order valence-electron chi connectivity index (χ3n) is 12.8. The van der Waals surface area contributed by atoms with Crippen LogP contribution in [0, 0.1) is 0 Å². The van der Waals surface area contributed by atoms with Crippen molar-refractivity contribution in [1.29, 1.82) is 0 Å². The number of rotatable bonds is 47. The first-order valence-electron chi connectivity index (χ1n) is 26.4. The van der Waals surface area contributed by atoms with Gasteiger partial charge in [0.25, 0.3) is 5.82 Å². The normalized spacial score (nSPS) is 11.7. The molecule has 1 heterocycles. The molecule has 0 bridgehead atoms. The fourth-order valence-electron chi connectivity index (χ4n) is 8.98. The second-order valence-electron chi connectivity index (χ2n) is 18.3. The number of aryl methyl sites for hydroxylation is 2. The SMILES string of the molecule is CCCCCCCCCCCCCCCCCCn1cc[n+](CCCCCCCCCCCCCCCCCC)c1CCCCCCCCCCCCCC. The highest BCUT2D eigenvalue weighted by molar-refractivity contribution is 4.84. The lowest BCUT2D eigenvalue weighted by molar-refractivity contribution is -0.704. The summed E-state index contributed by atoms with van der Waals surface area (Å²) >= 11 is 0. The summed E-state index contributed by atoms with van der Waals surface area (Å²) < 4.78 is 5.32. The second-order valence-corrected chi connectivity index (χ2v) is 18.3. The number of aromatic nitrogens is 2. The summed E-state index contributed by atoms with van der Waals surface area (Å²) in [6.07, 6.45) is 69.8. The molecular weight excluding hydrogens is 665 g/mol. The van der Waals surface area contributed by atoms with E-state index in [4.69, 9.17) is 0 Å². The van der Waals surface area contributed by atoms with E-state index in [9.17, 15) is 0 Å². The van der Waals surface area contributed by atoms with Gasteiger partial charge in [0, 0.05) is 6.42 Å². The summed E-state index contributed by atoms with van der Waals surface area (Å²) in [5, 5.41) is 0. The average molecular weight is 770 g/mol. The van der Waals surface area contributed by atoms with Crippen molar-refractivity contribution in [2.45, 2.75) is 323 Å². The lowest BCUT2D eigenvalue weighted by Gasteiger charge is -2.07. The molecule has 0 saturated carbocycles. The van der Waals surface area contributed by atoms with Gasteiger partial charge in [-0.15, -0.1) is 0 Å². The lowest BCUT2D eigenvalue weighted by Crippen LogP contribution is -2.37. The first-order valence-corrected chi connectivity index (χ1v) is 26.4. The Hall–Kier alpha value is -0.790. The van der Waals surface area contributed by atoms with E-state index in [-0.39, 0.29) is 0 Å². The van der Waals surface area contributed by atoms with Crippen LogP contribution in [0.3, 0.4) is 0 Å². The molecule has 0 fully saturated rings. The Balaban J connectivity index is 2.24. The Morgan fingerprint density at radius 1 is 0.309 bits per heavy atom. The number of imidazole rings is 1.